The molecule has 0 radical (unpaired) electrons. The van der Waals surface area contributed by atoms with Gasteiger partial charge in [-0.1, -0.05) is 30.3 Å². The maximum atomic E-state index is 12.5. The predicted molar refractivity (Wildman–Crippen MR) is 106 cm³/mol. The second kappa shape index (κ2) is 8.52. The van der Waals surface area contributed by atoms with Crippen LogP contribution in [0.3, 0.4) is 0 Å². The topological polar surface area (TPSA) is 62.7 Å². The fraction of sp³-hybridized carbons (Fsp3) is 0.450. The molecule has 0 unspecified atom stereocenters. The number of amides is 2. The third-order valence-corrected chi connectivity index (χ3v) is 6.01. The van der Waals surface area contributed by atoms with Gasteiger partial charge in [0.15, 0.2) is 5.13 Å². The van der Waals surface area contributed by atoms with E-state index in [1.807, 2.05) is 6.07 Å². The van der Waals surface area contributed by atoms with Crippen molar-refractivity contribution in [2.24, 2.45) is 0 Å². The Morgan fingerprint density at radius 2 is 2.00 bits per heavy atom. The van der Waals surface area contributed by atoms with Crippen molar-refractivity contribution in [3.05, 3.63) is 46.5 Å². The molecule has 1 heterocycles. The molecule has 1 aromatic heterocycles. The molecule has 0 fully saturated rings. The number of anilines is 1. The van der Waals surface area contributed by atoms with E-state index in [-0.39, 0.29) is 19.1 Å². The molecule has 0 aliphatic heterocycles. The number of aryl methyl sites for hydroxylation is 1. The summed E-state index contributed by atoms with van der Waals surface area (Å²) in [7, 11) is 3.27. The summed E-state index contributed by atoms with van der Waals surface area (Å²) in [5.74, 6) is 0.319. The minimum atomic E-state index is -0.497. The molecule has 6 nitrogen and oxygen atoms in total. The molecule has 0 spiro atoms. The highest BCUT2D eigenvalue weighted by Gasteiger charge is 2.26. The largest absolute Gasteiger partial charge is 0.450 e. The average Bonchev–Trinajstić information content (AvgIpc) is 3.11. The van der Waals surface area contributed by atoms with E-state index >= 15 is 0 Å². The van der Waals surface area contributed by atoms with Crippen molar-refractivity contribution in [1.29, 1.82) is 0 Å². The number of ether oxygens (including phenoxy) is 1. The van der Waals surface area contributed by atoms with Gasteiger partial charge in [-0.05, 0) is 37.7 Å². The number of benzene rings is 1. The van der Waals surface area contributed by atoms with Gasteiger partial charge in [0.2, 0.25) is 5.91 Å². The standard InChI is InChI=1S/C20H25N3O3S/c1-4-26-20(25)22(2)13-18(24)23(3)19-21-16-11-10-15(12-17(16)27-19)14-8-6-5-7-9-14/h5-9,15H,4,10-13H2,1-3H3/t15-/m1/s1. The number of aromatic nitrogens is 1. The van der Waals surface area contributed by atoms with Crippen molar-refractivity contribution in [3.8, 4) is 0 Å². The van der Waals surface area contributed by atoms with E-state index in [9.17, 15) is 9.59 Å². The van der Waals surface area contributed by atoms with Crippen LogP contribution in [-0.2, 0) is 22.4 Å². The van der Waals surface area contributed by atoms with Crippen LogP contribution in [0.5, 0.6) is 0 Å². The Labute approximate surface area is 163 Å². The lowest BCUT2D eigenvalue weighted by Crippen LogP contribution is -2.39. The molecule has 1 aliphatic carbocycles. The number of nitrogens with zero attached hydrogens (tertiary/aromatic N) is 3. The van der Waals surface area contributed by atoms with Crippen molar-refractivity contribution in [2.75, 3.05) is 32.1 Å². The average molecular weight is 388 g/mol. The van der Waals surface area contributed by atoms with E-state index in [4.69, 9.17) is 4.74 Å². The van der Waals surface area contributed by atoms with Crippen LogP contribution < -0.4 is 4.90 Å². The second-order valence-corrected chi connectivity index (χ2v) is 7.79. The molecule has 0 bridgehead atoms. The van der Waals surface area contributed by atoms with Crippen LogP contribution in [0, 0.1) is 0 Å². The summed E-state index contributed by atoms with van der Waals surface area (Å²) in [6.07, 6.45) is 2.46. The Morgan fingerprint density at radius 1 is 1.26 bits per heavy atom. The number of thiazole rings is 1. The molecule has 2 aromatic rings. The summed E-state index contributed by atoms with van der Waals surface area (Å²) in [6.45, 7) is 1.99. The summed E-state index contributed by atoms with van der Waals surface area (Å²) >= 11 is 1.58. The molecule has 1 atom stereocenters. The molecular formula is C20H25N3O3S. The van der Waals surface area contributed by atoms with E-state index in [2.05, 4.69) is 29.2 Å². The normalized spacial score (nSPS) is 15.7. The number of fused-ring (bicyclic) bond motifs is 1. The predicted octanol–water partition coefficient (Wildman–Crippen LogP) is 3.47. The lowest BCUT2D eigenvalue weighted by atomic mass is 9.85. The Bertz CT molecular complexity index is 806. The van der Waals surface area contributed by atoms with E-state index in [0.717, 1.165) is 25.0 Å². The van der Waals surface area contributed by atoms with Gasteiger partial charge in [0.25, 0.3) is 0 Å². The van der Waals surface area contributed by atoms with Crippen LogP contribution in [0.2, 0.25) is 0 Å². The quantitative estimate of drug-likeness (QED) is 0.788. The monoisotopic (exact) mass is 387 g/mol. The maximum absolute atomic E-state index is 12.5. The van der Waals surface area contributed by atoms with Crippen LogP contribution in [0.4, 0.5) is 9.93 Å². The molecule has 0 saturated carbocycles. The minimum absolute atomic E-state index is 0.0355. The molecule has 0 saturated heterocycles. The SMILES string of the molecule is CCOC(=O)N(C)CC(=O)N(C)c1nc2c(s1)C[C@H](c1ccccc1)CC2. The number of rotatable bonds is 5. The van der Waals surface area contributed by atoms with E-state index in [1.54, 1.807) is 32.4 Å². The van der Waals surface area contributed by atoms with Gasteiger partial charge in [-0.2, -0.15) is 0 Å². The zero-order chi connectivity index (χ0) is 19.4. The first-order valence-electron chi connectivity index (χ1n) is 9.17. The van der Waals surface area contributed by atoms with Crippen molar-refractivity contribution < 1.29 is 14.3 Å². The number of carbonyl (C=O) groups is 2. The molecule has 7 heteroatoms. The summed E-state index contributed by atoms with van der Waals surface area (Å²) in [6, 6.07) is 10.6. The first kappa shape index (κ1) is 19.4. The molecule has 1 aliphatic rings. The van der Waals surface area contributed by atoms with Gasteiger partial charge in [0.05, 0.1) is 12.3 Å². The highest BCUT2D eigenvalue weighted by molar-refractivity contribution is 7.16. The van der Waals surface area contributed by atoms with Crippen LogP contribution >= 0.6 is 11.3 Å². The zero-order valence-electron chi connectivity index (χ0n) is 16.0. The molecular weight excluding hydrogens is 362 g/mol. The van der Waals surface area contributed by atoms with Crippen LogP contribution in [0.1, 0.15) is 35.4 Å². The van der Waals surface area contributed by atoms with Gasteiger partial charge in [-0.25, -0.2) is 9.78 Å². The molecule has 2 amide bonds. The van der Waals surface area contributed by atoms with Gasteiger partial charge in [0, 0.05) is 19.0 Å². The highest BCUT2D eigenvalue weighted by atomic mass is 32.1. The first-order valence-corrected chi connectivity index (χ1v) is 9.99. The molecule has 27 heavy (non-hydrogen) atoms. The number of likely N-dealkylation sites (N-methyl/N-ethyl adjacent to an activating group) is 2. The summed E-state index contributed by atoms with van der Waals surface area (Å²) in [4.78, 5) is 32.9. The fourth-order valence-corrected chi connectivity index (χ4v) is 4.39. The van der Waals surface area contributed by atoms with Crippen molar-refractivity contribution in [2.45, 2.75) is 32.1 Å². The second-order valence-electron chi connectivity index (χ2n) is 6.72. The highest BCUT2D eigenvalue weighted by Crippen LogP contribution is 2.37. The van der Waals surface area contributed by atoms with Crippen molar-refractivity contribution >= 4 is 28.5 Å². The van der Waals surface area contributed by atoms with Gasteiger partial charge >= 0.3 is 6.09 Å². The van der Waals surface area contributed by atoms with E-state index in [1.165, 1.54) is 20.2 Å². The Morgan fingerprint density at radius 3 is 2.70 bits per heavy atom. The third kappa shape index (κ3) is 4.47. The smallest absolute Gasteiger partial charge is 0.409 e. The Kier molecular flexibility index (Phi) is 6.11. The summed E-state index contributed by atoms with van der Waals surface area (Å²) < 4.78 is 4.91. The Balaban J connectivity index is 1.66. The van der Waals surface area contributed by atoms with Gasteiger partial charge in [-0.3, -0.25) is 9.69 Å². The number of hydrogen-bond acceptors (Lipinski definition) is 5. The summed E-state index contributed by atoms with van der Waals surface area (Å²) in [5.41, 5.74) is 2.46. The third-order valence-electron chi connectivity index (χ3n) is 4.81. The molecule has 0 N–H and O–H groups in total. The van der Waals surface area contributed by atoms with E-state index < -0.39 is 6.09 Å². The number of hydrogen-bond donors (Lipinski definition) is 0. The van der Waals surface area contributed by atoms with Crippen molar-refractivity contribution in [3.63, 3.8) is 0 Å². The van der Waals surface area contributed by atoms with Crippen molar-refractivity contribution in [1.82, 2.24) is 9.88 Å². The van der Waals surface area contributed by atoms with Gasteiger partial charge in [-0.15, -0.1) is 11.3 Å². The minimum Gasteiger partial charge on any atom is -0.450 e. The van der Waals surface area contributed by atoms with Gasteiger partial charge in [0.1, 0.15) is 6.54 Å². The summed E-state index contributed by atoms with van der Waals surface area (Å²) in [5, 5.41) is 0.691. The van der Waals surface area contributed by atoms with E-state index in [0.29, 0.717) is 11.0 Å². The lowest BCUT2D eigenvalue weighted by molar-refractivity contribution is -0.119. The molecule has 1 aromatic carbocycles. The molecule has 144 valence electrons. The maximum Gasteiger partial charge on any atom is 0.409 e. The van der Waals surface area contributed by atoms with Crippen LogP contribution in [0.15, 0.2) is 30.3 Å². The number of carbonyl (C=O) groups excluding carboxylic acids is 2. The molecule has 3 rings (SSSR count). The first-order chi connectivity index (χ1) is 13.0. The van der Waals surface area contributed by atoms with Gasteiger partial charge < -0.3 is 9.64 Å². The van der Waals surface area contributed by atoms with Crippen LogP contribution in [0.25, 0.3) is 0 Å². The zero-order valence-corrected chi connectivity index (χ0v) is 16.8. The fourth-order valence-electron chi connectivity index (χ4n) is 3.23. The lowest BCUT2D eigenvalue weighted by Gasteiger charge is -2.21. The van der Waals surface area contributed by atoms with Crippen LogP contribution in [-0.4, -0.2) is 49.1 Å². The Hall–Kier alpha value is -2.41.